The molecule has 0 bridgehead atoms. The van der Waals surface area contributed by atoms with Crippen molar-refractivity contribution >= 4 is 17.7 Å². The average Bonchev–Trinajstić information content (AvgIpc) is 3.24. The first-order valence-electron chi connectivity index (χ1n) is 9.22. The normalized spacial score (nSPS) is 16.5. The van der Waals surface area contributed by atoms with Crippen LogP contribution in [0, 0.1) is 0 Å². The van der Waals surface area contributed by atoms with Crippen LogP contribution in [-0.4, -0.2) is 43.8 Å². The third-order valence-electron chi connectivity index (χ3n) is 4.81. The number of anilines is 2. The van der Waals surface area contributed by atoms with E-state index in [-0.39, 0.29) is 23.6 Å². The average molecular weight is 414 g/mol. The molecule has 3 aromatic rings. The molecule has 1 saturated heterocycles. The number of carbonyl (C=O) groups excluding carboxylic acids is 1. The second-order valence-corrected chi connectivity index (χ2v) is 6.84. The molecule has 1 N–H and O–H groups in total. The van der Waals surface area contributed by atoms with Gasteiger partial charge in [0, 0.05) is 43.8 Å². The predicted octanol–water partition coefficient (Wildman–Crippen LogP) is 3.66. The first-order valence-corrected chi connectivity index (χ1v) is 9.22. The number of pyridine rings is 2. The molecule has 4 rings (SSSR count). The lowest BCUT2D eigenvalue weighted by atomic mass is 10.1. The number of carbonyl (C=O) groups is 1. The fourth-order valence-electron chi connectivity index (χ4n) is 3.31. The van der Waals surface area contributed by atoms with Crippen molar-refractivity contribution in [1.82, 2.24) is 24.8 Å². The lowest BCUT2D eigenvalue weighted by molar-refractivity contribution is -0.137. The summed E-state index contributed by atoms with van der Waals surface area (Å²) < 4.78 is 38.6. The highest BCUT2D eigenvalue weighted by molar-refractivity contribution is 5.94. The Morgan fingerprint density at radius 1 is 1.13 bits per heavy atom. The molecular weight excluding hydrogens is 397 g/mol. The van der Waals surface area contributed by atoms with E-state index in [9.17, 15) is 18.0 Å². The number of aromatic nitrogens is 4. The lowest BCUT2D eigenvalue weighted by Crippen LogP contribution is -2.28. The zero-order valence-corrected chi connectivity index (χ0v) is 15.7. The first kappa shape index (κ1) is 19.7. The van der Waals surface area contributed by atoms with Gasteiger partial charge in [-0.15, -0.1) is 0 Å². The third kappa shape index (κ3) is 4.37. The van der Waals surface area contributed by atoms with Crippen LogP contribution in [0.2, 0.25) is 0 Å². The number of nitrogens with one attached hydrogen (secondary N) is 1. The van der Waals surface area contributed by atoms with Gasteiger partial charge in [0.05, 0.1) is 16.8 Å². The van der Waals surface area contributed by atoms with Crippen LogP contribution >= 0.6 is 0 Å². The number of rotatable bonds is 4. The molecular formula is C20H17F3N6O. The van der Waals surface area contributed by atoms with Crippen molar-refractivity contribution in [3.05, 3.63) is 71.9 Å². The van der Waals surface area contributed by atoms with Gasteiger partial charge in [0.2, 0.25) is 5.95 Å². The molecule has 10 heteroatoms. The molecule has 4 heterocycles. The van der Waals surface area contributed by atoms with Gasteiger partial charge in [0.25, 0.3) is 5.91 Å². The maximum atomic E-state index is 12.9. The standard InChI is InChI=1S/C20H17F3N6O/c21-20(22,23)15-3-7-25-17(10-15)28-19-26-8-4-16(27-19)14-5-9-29(12-14)18(30)13-2-1-6-24-11-13/h1-4,6-8,10-11,14H,5,9,12H2,(H,25,26,27,28). The van der Waals surface area contributed by atoms with E-state index in [0.717, 1.165) is 24.8 Å². The Balaban J connectivity index is 1.46. The number of hydrogen-bond acceptors (Lipinski definition) is 6. The van der Waals surface area contributed by atoms with Crippen LogP contribution in [0.15, 0.2) is 55.1 Å². The Morgan fingerprint density at radius 2 is 1.97 bits per heavy atom. The smallest absolute Gasteiger partial charge is 0.338 e. The summed E-state index contributed by atoms with van der Waals surface area (Å²) in [5.41, 5.74) is 0.427. The van der Waals surface area contributed by atoms with Gasteiger partial charge in [-0.05, 0) is 36.8 Å². The van der Waals surface area contributed by atoms with Crippen LogP contribution in [0.4, 0.5) is 24.9 Å². The van der Waals surface area contributed by atoms with Crippen molar-refractivity contribution in [2.45, 2.75) is 18.5 Å². The molecule has 3 aromatic heterocycles. The molecule has 1 aliphatic heterocycles. The zero-order chi connectivity index (χ0) is 21.1. The molecule has 0 spiro atoms. The highest BCUT2D eigenvalue weighted by Crippen LogP contribution is 2.31. The van der Waals surface area contributed by atoms with E-state index in [4.69, 9.17) is 0 Å². The van der Waals surface area contributed by atoms with Gasteiger partial charge in [-0.1, -0.05) is 0 Å². The molecule has 0 aliphatic carbocycles. The molecule has 0 aromatic carbocycles. The summed E-state index contributed by atoms with van der Waals surface area (Å²) in [5, 5.41) is 2.72. The maximum absolute atomic E-state index is 12.9. The number of likely N-dealkylation sites (tertiary alicyclic amines) is 1. The van der Waals surface area contributed by atoms with Gasteiger partial charge in [0.15, 0.2) is 0 Å². The highest BCUT2D eigenvalue weighted by Gasteiger charge is 2.31. The quantitative estimate of drug-likeness (QED) is 0.702. The van der Waals surface area contributed by atoms with Crippen molar-refractivity contribution in [2.24, 2.45) is 0 Å². The van der Waals surface area contributed by atoms with E-state index in [0.29, 0.717) is 24.3 Å². The van der Waals surface area contributed by atoms with Gasteiger partial charge >= 0.3 is 6.18 Å². The summed E-state index contributed by atoms with van der Waals surface area (Å²) >= 11 is 0. The second-order valence-electron chi connectivity index (χ2n) is 6.84. The molecule has 0 radical (unpaired) electrons. The topological polar surface area (TPSA) is 83.9 Å². The summed E-state index contributed by atoms with van der Waals surface area (Å²) in [6.07, 6.45) is 2.01. The molecule has 1 fully saturated rings. The van der Waals surface area contributed by atoms with Crippen molar-refractivity contribution < 1.29 is 18.0 Å². The number of hydrogen-bond donors (Lipinski definition) is 1. The van der Waals surface area contributed by atoms with Crippen molar-refractivity contribution in [3.63, 3.8) is 0 Å². The van der Waals surface area contributed by atoms with Crippen LogP contribution < -0.4 is 5.32 Å². The van der Waals surface area contributed by atoms with Crippen LogP contribution in [0.5, 0.6) is 0 Å². The molecule has 1 amide bonds. The lowest BCUT2D eigenvalue weighted by Gasteiger charge is -2.16. The summed E-state index contributed by atoms with van der Waals surface area (Å²) in [6, 6.07) is 6.98. The highest BCUT2D eigenvalue weighted by atomic mass is 19.4. The minimum Gasteiger partial charge on any atom is -0.338 e. The fraction of sp³-hybridized carbons (Fsp3) is 0.250. The summed E-state index contributed by atoms with van der Waals surface area (Å²) in [5.74, 6) is 0.0629. The molecule has 7 nitrogen and oxygen atoms in total. The van der Waals surface area contributed by atoms with Gasteiger partial charge in [-0.25, -0.2) is 15.0 Å². The van der Waals surface area contributed by atoms with Crippen LogP contribution in [0.25, 0.3) is 0 Å². The van der Waals surface area contributed by atoms with Crippen LogP contribution in [0.1, 0.15) is 34.0 Å². The van der Waals surface area contributed by atoms with E-state index >= 15 is 0 Å². The van der Waals surface area contributed by atoms with Crippen molar-refractivity contribution in [1.29, 1.82) is 0 Å². The number of amides is 1. The number of nitrogens with zero attached hydrogens (tertiary/aromatic N) is 5. The maximum Gasteiger partial charge on any atom is 0.416 e. The molecule has 30 heavy (non-hydrogen) atoms. The monoisotopic (exact) mass is 414 g/mol. The second kappa shape index (κ2) is 8.05. The van der Waals surface area contributed by atoms with Crippen molar-refractivity contribution in [2.75, 3.05) is 18.4 Å². The summed E-state index contributed by atoms with van der Waals surface area (Å²) in [4.78, 5) is 30.7. The molecule has 154 valence electrons. The largest absolute Gasteiger partial charge is 0.416 e. The van der Waals surface area contributed by atoms with Crippen LogP contribution in [0.3, 0.4) is 0 Å². The SMILES string of the molecule is O=C(c1cccnc1)N1CCC(c2ccnc(Nc3cc(C(F)(F)F)ccn3)n2)C1. The number of halogens is 3. The Morgan fingerprint density at radius 3 is 2.73 bits per heavy atom. The van der Waals surface area contributed by atoms with Gasteiger partial charge in [-0.3, -0.25) is 9.78 Å². The minimum absolute atomic E-state index is 0.00165. The van der Waals surface area contributed by atoms with Crippen LogP contribution in [-0.2, 0) is 6.18 Å². The van der Waals surface area contributed by atoms with Crippen molar-refractivity contribution in [3.8, 4) is 0 Å². The Labute approximate surface area is 170 Å². The Kier molecular flexibility index (Phi) is 5.30. The van der Waals surface area contributed by atoms with E-state index in [1.165, 1.54) is 12.4 Å². The molecule has 1 unspecified atom stereocenters. The van der Waals surface area contributed by atoms with Gasteiger partial charge in [-0.2, -0.15) is 13.2 Å². The molecule has 1 aliphatic rings. The third-order valence-corrected chi connectivity index (χ3v) is 4.81. The molecule has 1 atom stereocenters. The van der Waals surface area contributed by atoms with E-state index in [2.05, 4.69) is 25.3 Å². The number of alkyl halides is 3. The van der Waals surface area contributed by atoms with Gasteiger partial charge < -0.3 is 10.2 Å². The van der Waals surface area contributed by atoms with E-state index < -0.39 is 11.7 Å². The summed E-state index contributed by atoms with van der Waals surface area (Å²) in [6.45, 7) is 1.08. The Hall–Kier alpha value is -3.56. The van der Waals surface area contributed by atoms with E-state index in [1.807, 2.05) is 0 Å². The van der Waals surface area contributed by atoms with Gasteiger partial charge in [0.1, 0.15) is 5.82 Å². The fourth-order valence-corrected chi connectivity index (χ4v) is 3.31. The minimum atomic E-state index is -4.46. The predicted molar refractivity (Wildman–Crippen MR) is 102 cm³/mol. The molecule has 0 saturated carbocycles. The Bertz CT molecular complexity index is 1040. The zero-order valence-electron chi connectivity index (χ0n) is 15.7. The summed E-state index contributed by atoms with van der Waals surface area (Å²) in [7, 11) is 0. The first-order chi connectivity index (χ1) is 14.4. The van der Waals surface area contributed by atoms with E-state index in [1.54, 1.807) is 29.3 Å².